The Bertz CT molecular complexity index is 1180. The van der Waals surface area contributed by atoms with Gasteiger partial charge in [-0.05, 0) is 5.92 Å². The van der Waals surface area contributed by atoms with E-state index in [1.54, 1.807) is 0 Å². The van der Waals surface area contributed by atoms with Crippen molar-refractivity contribution in [3.8, 4) is 0 Å². The van der Waals surface area contributed by atoms with Crippen molar-refractivity contribution in [2.24, 2.45) is 5.92 Å². The summed E-state index contributed by atoms with van der Waals surface area (Å²) in [5.74, 6) is -32.1. The van der Waals surface area contributed by atoms with Gasteiger partial charge in [-0.3, -0.25) is 19.2 Å². The standard InChI is InChI=1S/C19H10F15NO5/c1-4(2)11(35-12(36)5-6(13(35)37)8(21)10(23)9(22)7(5)20)14(38)39-3-15(24,17(27,28)29)40-19(33,34)16(25,26)18(30,31)32/h4,11H,3H2,1-2H3/t11-,15?/m0/s1. The van der Waals surface area contributed by atoms with Crippen LogP contribution in [0.2, 0.25) is 0 Å². The molecule has 1 unspecified atom stereocenters. The Hall–Kier alpha value is -3.26. The fourth-order valence-corrected chi connectivity index (χ4v) is 3.15. The summed E-state index contributed by atoms with van der Waals surface area (Å²) in [6, 6.07) is -2.67. The summed E-state index contributed by atoms with van der Waals surface area (Å²) in [6.45, 7) is -1.58. The van der Waals surface area contributed by atoms with E-state index in [4.69, 9.17) is 0 Å². The van der Waals surface area contributed by atoms with Gasteiger partial charge in [0.2, 0.25) is 0 Å². The van der Waals surface area contributed by atoms with Gasteiger partial charge in [-0.25, -0.2) is 22.4 Å². The Morgan fingerprint density at radius 1 is 0.725 bits per heavy atom. The molecule has 0 saturated carbocycles. The fraction of sp³-hybridized carbons (Fsp3) is 0.526. The summed E-state index contributed by atoms with van der Waals surface area (Å²) >= 11 is 0. The number of alkyl halides is 11. The minimum atomic E-state index is -7.42. The van der Waals surface area contributed by atoms with Crippen LogP contribution in [0.25, 0.3) is 0 Å². The molecule has 0 spiro atoms. The number of hydrogen-bond donors (Lipinski definition) is 0. The van der Waals surface area contributed by atoms with Crippen LogP contribution in [-0.4, -0.2) is 65.6 Å². The number of hydrogen-bond acceptors (Lipinski definition) is 5. The van der Waals surface area contributed by atoms with E-state index in [1.165, 1.54) is 0 Å². The maximum Gasteiger partial charge on any atom is 0.462 e. The van der Waals surface area contributed by atoms with Gasteiger partial charge in [0.05, 0.1) is 11.1 Å². The highest BCUT2D eigenvalue weighted by Gasteiger charge is 2.78. The molecule has 0 saturated heterocycles. The zero-order valence-corrected chi connectivity index (χ0v) is 19.0. The van der Waals surface area contributed by atoms with E-state index in [0.29, 0.717) is 0 Å². The van der Waals surface area contributed by atoms with E-state index in [-0.39, 0.29) is 0 Å². The molecule has 1 aromatic carbocycles. The lowest BCUT2D eigenvalue weighted by Crippen LogP contribution is -2.60. The summed E-state index contributed by atoms with van der Waals surface area (Å²) in [5.41, 5.74) is -3.60. The number of esters is 1. The molecule has 1 aliphatic rings. The first-order valence-electron chi connectivity index (χ1n) is 9.93. The summed E-state index contributed by atoms with van der Waals surface area (Å²) in [4.78, 5) is 36.9. The summed E-state index contributed by atoms with van der Waals surface area (Å²) in [7, 11) is 0. The van der Waals surface area contributed by atoms with Crippen molar-refractivity contribution in [1.29, 1.82) is 0 Å². The molecule has 0 aromatic heterocycles. The Labute approximate surface area is 210 Å². The Morgan fingerprint density at radius 3 is 1.45 bits per heavy atom. The van der Waals surface area contributed by atoms with E-state index < -0.39 is 106 Å². The molecule has 6 nitrogen and oxygen atoms in total. The van der Waals surface area contributed by atoms with Gasteiger partial charge < -0.3 is 4.74 Å². The van der Waals surface area contributed by atoms with Crippen LogP contribution in [0.5, 0.6) is 0 Å². The lowest BCUT2D eigenvalue weighted by Gasteiger charge is -2.35. The molecule has 226 valence electrons. The molecule has 0 N–H and O–H groups in total. The number of halogens is 15. The molecule has 0 fully saturated rings. The average Bonchev–Trinajstić information content (AvgIpc) is 3.03. The molecular formula is C19H10F15NO5. The first-order chi connectivity index (χ1) is 17.7. The fourth-order valence-electron chi connectivity index (χ4n) is 3.15. The third kappa shape index (κ3) is 5.14. The predicted molar refractivity (Wildman–Crippen MR) is 93.3 cm³/mol. The number of amides is 2. The lowest BCUT2D eigenvalue weighted by atomic mass is 10.0. The van der Waals surface area contributed by atoms with E-state index >= 15 is 0 Å². The smallest absolute Gasteiger partial charge is 0.458 e. The Balaban J connectivity index is 2.45. The van der Waals surface area contributed by atoms with Crippen LogP contribution in [-0.2, 0) is 14.3 Å². The molecule has 0 aliphatic carbocycles. The number of nitrogens with zero attached hydrogens (tertiary/aromatic N) is 1. The predicted octanol–water partition coefficient (Wildman–Crippen LogP) is 5.44. The average molecular weight is 617 g/mol. The van der Waals surface area contributed by atoms with Gasteiger partial charge in [0.15, 0.2) is 29.9 Å². The van der Waals surface area contributed by atoms with E-state index in [0.717, 1.165) is 13.8 Å². The Morgan fingerprint density at radius 2 is 1.12 bits per heavy atom. The van der Waals surface area contributed by atoms with Gasteiger partial charge in [0.1, 0.15) is 6.04 Å². The SMILES string of the molecule is CC(C)[C@@H](C(=O)OCC(F)(OC(F)(F)C(F)(F)C(F)(F)F)C(F)(F)F)N1C(=O)c2c(F)c(F)c(F)c(F)c2C1=O. The van der Waals surface area contributed by atoms with Crippen molar-refractivity contribution in [3.05, 3.63) is 34.4 Å². The second-order valence-corrected chi connectivity index (χ2v) is 8.20. The van der Waals surface area contributed by atoms with Crippen LogP contribution in [0.4, 0.5) is 65.9 Å². The molecule has 1 heterocycles. The monoisotopic (exact) mass is 617 g/mol. The molecule has 2 amide bonds. The first kappa shape index (κ1) is 32.9. The molecule has 2 atom stereocenters. The highest BCUT2D eigenvalue weighted by atomic mass is 19.4. The summed E-state index contributed by atoms with van der Waals surface area (Å²) < 4.78 is 204. The van der Waals surface area contributed by atoms with Crippen molar-refractivity contribution in [1.82, 2.24) is 4.90 Å². The summed E-state index contributed by atoms with van der Waals surface area (Å²) in [6.07, 6.45) is -21.5. The second kappa shape index (κ2) is 9.98. The highest BCUT2D eigenvalue weighted by molar-refractivity contribution is 6.23. The zero-order chi connectivity index (χ0) is 31.5. The highest BCUT2D eigenvalue weighted by Crippen LogP contribution is 2.51. The van der Waals surface area contributed by atoms with Crippen molar-refractivity contribution >= 4 is 17.8 Å². The number of imide groups is 1. The van der Waals surface area contributed by atoms with Crippen LogP contribution in [0.3, 0.4) is 0 Å². The quantitative estimate of drug-likeness (QED) is 0.128. The molecule has 21 heteroatoms. The van der Waals surface area contributed by atoms with Crippen LogP contribution in [0.1, 0.15) is 34.6 Å². The van der Waals surface area contributed by atoms with Crippen LogP contribution in [0.15, 0.2) is 0 Å². The third-order valence-corrected chi connectivity index (χ3v) is 5.12. The normalized spacial score (nSPS) is 17.3. The van der Waals surface area contributed by atoms with Crippen LogP contribution >= 0.6 is 0 Å². The van der Waals surface area contributed by atoms with Gasteiger partial charge in [0, 0.05) is 0 Å². The molecule has 1 aliphatic heterocycles. The minimum Gasteiger partial charge on any atom is -0.458 e. The molecular weight excluding hydrogens is 607 g/mol. The number of fused-ring (bicyclic) bond motifs is 1. The maximum atomic E-state index is 14.3. The first-order valence-corrected chi connectivity index (χ1v) is 9.93. The van der Waals surface area contributed by atoms with Crippen molar-refractivity contribution in [2.75, 3.05) is 6.61 Å². The molecule has 2 rings (SSSR count). The van der Waals surface area contributed by atoms with Crippen molar-refractivity contribution in [2.45, 2.75) is 50.1 Å². The van der Waals surface area contributed by atoms with Gasteiger partial charge >= 0.3 is 36.2 Å². The maximum absolute atomic E-state index is 14.3. The molecule has 0 radical (unpaired) electrons. The van der Waals surface area contributed by atoms with Crippen LogP contribution in [0, 0.1) is 29.2 Å². The van der Waals surface area contributed by atoms with E-state index in [1.807, 2.05) is 0 Å². The summed E-state index contributed by atoms with van der Waals surface area (Å²) in [5, 5.41) is 0. The Kier molecular flexibility index (Phi) is 8.22. The topological polar surface area (TPSA) is 72.9 Å². The van der Waals surface area contributed by atoms with Gasteiger partial charge in [-0.2, -0.15) is 48.3 Å². The number of carbonyl (C=O) groups excluding carboxylic acids is 3. The van der Waals surface area contributed by atoms with Crippen molar-refractivity contribution < 1.29 is 89.7 Å². The number of rotatable bonds is 8. The number of carbonyl (C=O) groups is 3. The third-order valence-electron chi connectivity index (χ3n) is 5.12. The zero-order valence-electron chi connectivity index (χ0n) is 19.0. The second-order valence-electron chi connectivity index (χ2n) is 8.20. The molecule has 1 aromatic rings. The largest absolute Gasteiger partial charge is 0.462 e. The van der Waals surface area contributed by atoms with E-state index in [2.05, 4.69) is 9.47 Å². The minimum absolute atomic E-state index is 0.510. The van der Waals surface area contributed by atoms with Gasteiger partial charge in [-0.1, -0.05) is 13.8 Å². The molecule has 40 heavy (non-hydrogen) atoms. The number of ether oxygens (including phenoxy) is 2. The van der Waals surface area contributed by atoms with Gasteiger partial charge in [0.25, 0.3) is 11.8 Å². The molecule has 0 bridgehead atoms. The van der Waals surface area contributed by atoms with Gasteiger partial charge in [-0.15, -0.1) is 0 Å². The van der Waals surface area contributed by atoms with Crippen LogP contribution < -0.4 is 0 Å². The van der Waals surface area contributed by atoms with Crippen molar-refractivity contribution in [3.63, 3.8) is 0 Å². The lowest BCUT2D eigenvalue weighted by molar-refractivity contribution is -0.485. The van der Waals surface area contributed by atoms with E-state index in [9.17, 15) is 80.2 Å². The number of benzene rings is 1.